The lowest BCUT2D eigenvalue weighted by Gasteiger charge is -2.18. The van der Waals surface area contributed by atoms with Crippen molar-refractivity contribution in [2.45, 2.75) is 25.9 Å². The van der Waals surface area contributed by atoms with Gasteiger partial charge in [0.2, 0.25) is 5.91 Å². The number of nitrogens with one attached hydrogen (secondary N) is 2. The third-order valence-electron chi connectivity index (χ3n) is 6.28. The lowest BCUT2D eigenvalue weighted by Crippen LogP contribution is -2.39. The standard InChI is InChI=1S/C30H27F2N3O3/c1-3-25(33-2)29(37)34-26-15-16-27(20-7-11-23(31)12-8-20)35(30(26)38)18-19-5-4-6-22(17-19)28(36)21-9-13-24(32)14-10-21/h4-17,25,33H,3,18H2,1-2H3,(H,34,37). The fourth-order valence-electron chi connectivity index (χ4n) is 4.21. The smallest absolute Gasteiger partial charge is 0.275 e. The first kappa shape index (κ1) is 26.6. The largest absolute Gasteiger partial charge is 0.320 e. The molecule has 0 saturated carbocycles. The molecule has 1 unspecified atom stereocenters. The number of benzene rings is 3. The Balaban J connectivity index is 1.74. The van der Waals surface area contributed by atoms with Gasteiger partial charge >= 0.3 is 0 Å². The van der Waals surface area contributed by atoms with Crippen LogP contribution in [0.4, 0.5) is 14.5 Å². The molecular formula is C30H27F2N3O3. The molecule has 0 bridgehead atoms. The van der Waals surface area contributed by atoms with Crippen molar-refractivity contribution in [1.82, 2.24) is 9.88 Å². The predicted molar refractivity (Wildman–Crippen MR) is 143 cm³/mol. The van der Waals surface area contributed by atoms with Gasteiger partial charge in [-0.15, -0.1) is 0 Å². The Morgan fingerprint density at radius 1 is 0.868 bits per heavy atom. The zero-order valence-corrected chi connectivity index (χ0v) is 21.0. The first-order chi connectivity index (χ1) is 18.3. The summed E-state index contributed by atoms with van der Waals surface area (Å²) in [5.41, 5.74) is 2.18. The summed E-state index contributed by atoms with van der Waals surface area (Å²) in [6.07, 6.45) is 0.541. The van der Waals surface area contributed by atoms with Crippen molar-refractivity contribution < 1.29 is 18.4 Å². The van der Waals surface area contributed by atoms with Gasteiger partial charge in [0, 0.05) is 11.1 Å². The van der Waals surface area contributed by atoms with Crippen molar-refractivity contribution in [2.24, 2.45) is 0 Å². The zero-order chi connectivity index (χ0) is 27.2. The van der Waals surface area contributed by atoms with Crippen LogP contribution in [0, 0.1) is 11.6 Å². The molecule has 38 heavy (non-hydrogen) atoms. The van der Waals surface area contributed by atoms with Crippen molar-refractivity contribution >= 4 is 17.4 Å². The number of anilines is 1. The minimum absolute atomic E-state index is 0.0863. The van der Waals surface area contributed by atoms with E-state index in [9.17, 15) is 23.2 Å². The summed E-state index contributed by atoms with van der Waals surface area (Å²) in [6.45, 7) is 1.94. The summed E-state index contributed by atoms with van der Waals surface area (Å²) in [4.78, 5) is 39.2. The number of rotatable bonds is 9. The molecule has 1 heterocycles. The average molecular weight is 516 g/mol. The van der Waals surface area contributed by atoms with Gasteiger partial charge < -0.3 is 15.2 Å². The molecular weight excluding hydrogens is 488 g/mol. The van der Waals surface area contributed by atoms with Crippen LogP contribution in [0.2, 0.25) is 0 Å². The van der Waals surface area contributed by atoms with E-state index in [0.29, 0.717) is 34.4 Å². The molecule has 4 rings (SSSR count). The van der Waals surface area contributed by atoms with E-state index in [-0.39, 0.29) is 23.9 Å². The summed E-state index contributed by atoms with van der Waals surface area (Å²) in [6, 6.07) is 20.6. The molecule has 0 aliphatic heterocycles. The van der Waals surface area contributed by atoms with Crippen LogP contribution < -0.4 is 16.2 Å². The number of aromatic nitrogens is 1. The highest BCUT2D eigenvalue weighted by molar-refractivity contribution is 6.09. The molecule has 3 aromatic carbocycles. The van der Waals surface area contributed by atoms with Gasteiger partial charge in [-0.1, -0.05) is 25.1 Å². The molecule has 0 fully saturated rings. The molecule has 1 atom stereocenters. The number of amides is 1. The second-order valence-corrected chi connectivity index (χ2v) is 8.81. The molecule has 8 heteroatoms. The maximum Gasteiger partial charge on any atom is 0.275 e. The Kier molecular flexibility index (Phi) is 8.23. The first-order valence-electron chi connectivity index (χ1n) is 12.2. The molecule has 1 amide bonds. The van der Waals surface area contributed by atoms with Crippen LogP contribution in [0.1, 0.15) is 34.8 Å². The molecule has 4 aromatic rings. The summed E-state index contributed by atoms with van der Waals surface area (Å²) in [5, 5.41) is 5.61. The van der Waals surface area contributed by atoms with E-state index in [1.807, 2.05) is 6.92 Å². The quantitative estimate of drug-likeness (QED) is 0.307. The van der Waals surface area contributed by atoms with Crippen LogP contribution in [0.25, 0.3) is 11.3 Å². The summed E-state index contributed by atoms with van der Waals surface area (Å²) in [7, 11) is 1.67. The third kappa shape index (κ3) is 5.92. The third-order valence-corrected chi connectivity index (χ3v) is 6.28. The van der Waals surface area contributed by atoms with E-state index in [1.54, 1.807) is 49.5 Å². The van der Waals surface area contributed by atoms with E-state index in [2.05, 4.69) is 10.6 Å². The lowest BCUT2D eigenvalue weighted by molar-refractivity contribution is -0.118. The van der Waals surface area contributed by atoms with E-state index < -0.39 is 23.2 Å². The van der Waals surface area contributed by atoms with Crippen molar-refractivity contribution in [2.75, 3.05) is 12.4 Å². The number of pyridine rings is 1. The van der Waals surface area contributed by atoms with Crippen LogP contribution >= 0.6 is 0 Å². The number of halogens is 2. The molecule has 194 valence electrons. The van der Waals surface area contributed by atoms with Gasteiger partial charge in [0.1, 0.15) is 17.3 Å². The predicted octanol–water partition coefficient (Wildman–Crippen LogP) is 5.01. The molecule has 0 saturated heterocycles. The van der Waals surface area contributed by atoms with Crippen LogP contribution in [-0.4, -0.2) is 29.3 Å². The normalized spacial score (nSPS) is 11.7. The first-order valence-corrected chi connectivity index (χ1v) is 12.2. The number of likely N-dealkylation sites (N-methyl/N-ethyl adjacent to an activating group) is 1. The van der Waals surface area contributed by atoms with Gasteiger partial charge in [0.05, 0.1) is 18.3 Å². The molecule has 0 aliphatic carbocycles. The van der Waals surface area contributed by atoms with E-state index >= 15 is 0 Å². The number of carbonyl (C=O) groups excluding carboxylic acids is 2. The van der Waals surface area contributed by atoms with Gasteiger partial charge in [-0.05, 0) is 91.3 Å². The topological polar surface area (TPSA) is 80.2 Å². The SMILES string of the molecule is CCC(NC)C(=O)Nc1ccc(-c2ccc(F)cc2)n(Cc2cccc(C(=O)c3ccc(F)cc3)c2)c1=O. The Bertz CT molecular complexity index is 1510. The number of hydrogen-bond acceptors (Lipinski definition) is 4. The van der Waals surface area contributed by atoms with Crippen LogP contribution in [0.15, 0.2) is 89.7 Å². The summed E-state index contributed by atoms with van der Waals surface area (Å²) >= 11 is 0. The maximum atomic E-state index is 13.6. The van der Waals surface area contributed by atoms with Crippen molar-refractivity contribution in [3.05, 3.63) is 124 Å². The number of carbonyl (C=O) groups is 2. The van der Waals surface area contributed by atoms with Crippen LogP contribution in [0.5, 0.6) is 0 Å². The Morgan fingerprint density at radius 2 is 1.53 bits per heavy atom. The fraction of sp³-hybridized carbons (Fsp3) is 0.167. The molecule has 0 spiro atoms. The van der Waals surface area contributed by atoms with Crippen LogP contribution in [-0.2, 0) is 11.3 Å². The Hall–Kier alpha value is -4.43. The monoisotopic (exact) mass is 515 g/mol. The van der Waals surface area contributed by atoms with Gasteiger partial charge in [0.25, 0.3) is 5.56 Å². The Morgan fingerprint density at radius 3 is 2.16 bits per heavy atom. The molecule has 0 radical (unpaired) electrons. The summed E-state index contributed by atoms with van der Waals surface area (Å²) < 4.78 is 28.4. The van der Waals surface area contributed by atoms with E-state index in [4.69, 9.17) is 0 Å². The minimum Gasteiger partial charge on any atom is -0.320 e. The average Bonchev–Trinajstić information content (AvgIpc) is 2.92. The van der Waals surface area contributed by atoms with E-state index in [1.165, 1.54) is 47.0 Å². The Labute approximate surface area is 219 Å². The summed E-state index contributed by atoms with van der Waals surface area (Å²) in [5.74, 6) is -1.46. The number of ketones is 1. The number of hydrogen-bond donors (Lipinski definition) is 2. The molecule has 6 nitrogen and oxygen atoms in total. The highest BCUT2D eigenvalue weighted by Crippen LogP contribution is 2.22. The molecule has 2 N–H and O–H groups in total. The van der Waals surface area contributed by atoms with E-state index in [0.717, 1.165) is 0 Å². The van der Waals surface area contributed by atoms with Crippen molar-refractivity contribution in [3.8, 4) is 11.3 Å². The highest BCUT2D eigenvalue weighted by Gasteiger charge is 2.18. The minimum atomic E-state index is -0.464. The second-order valence-electron chi connectivity index (χ2n) is 8.81. The van der Waals surface area contributed by atoms with Crippen molar-refractivity contribution in [3.63, 3.8) is 0 Å². The fourth-order valence-corrected chi connectivity index (χ4v) is 4.21. The van der Waals surface area contributed by atoms with Crippen molar-refractivity contribution in [1.29, 1.82) is 0 Å². The molecule has 1 aromatic heterocycles. The second kappa shape index (κ2) is 11.7. The van der Waals surface area contributed by atoms with Gasteiger partial charge in [-0.3, -0.25) is 14.4 Å². The number of nitrogens with zero attached hydrogens (tertiary/aromatic N) is 1. The maximum absolute atomic E-state index is 13.6. The van der Waals surface area contributed by atoms with Gasteiger partial charge in [0.15, 0.2) is 5.78 Å². The molecule has 0 aliphatic rings. The lowest BCUT2D eigenvalue weighted by atomic mass is 10.0. The zero-order valence-electron chi connectivity index (χ0n) is 21.0. The van der Waals surface area contributed by atoms with Gasteiger partial charge in [-0.2, -0.15) is 0 Å². The van der Waals surface area contributed by atoms with Gasteiger partial charge in [-0.25, -0.2) is 8.78 Å². The highest BCUT2D eigenvalue weighted by atomic mass is 19.1. The van der Waals surface area contributed by atoms with Crippen LogP contribution in [0.3, 0.4) is 0 Å².